The van der Waals surface area contributed by atoms with Gasteiger partial charge >= 0.3 is 0 Å². The van der Waals surface area contributed by atoms with Crippen molar-refractivity contribution in [2.24, 2.45) is 10.9 Å². The molecule has 1 aromatic heterocycles. The predicted octanol–water partition coefficient (Wildman–Crippen LogP) is 4.23. The fourth-order valence-corrected chi connectivity index (χ4v) is 5.09. The van der Waals surface area contributed by atoms with Gasteiger partial charge in [0.25, 0.3) is 0 Å². The number of nitrogens with zero attached hydrogens (tertiary/aromatic N) is 3. The molecule has 9 nitrogen and oxygen atoms in total. The molecule has 1 saturated heterocycles. The number of likely N-dealkylation sites (tertiary alicyclic amines) is 1. The molecule has 210 valence electrons. The average molecular weight is 555 g/mol. The van der Waals surface area contributed by atoms with Crippen molar-refractivity contribution >= 4 is 41.3 Å². The number of benzene rings is 1. The monoisotopic (exact) mass is 554 g/mol. The van der Waals surface area contributed by atoms with Crippen molar-refractivity contribution in [3.63, 3.8) is 0 Å². The van der Waals surface area contributed by atoms with Gasteiger partial charge in [0.05, 0.1) is 23.4 Å². The van der Waals surface area contributed by atoms with Crippen LogP contribution < -0.4 is 5.32 Å². The van der Waals surface area contributed by atoms with Crippen LogP contribution in [0.2, 0.25) is 0 Å². The highest BCUT2D eigenvalue weighted by Gasteiger charge is 2.43. The zero-order valence-electron chi connectivity index (χ0n) is 23.3. The molecule has 2 N–H and O–H groups in total. The molecule has 0 saturated carbocycles. The van der Waals surface area contributed by atoms with Crippen LogP contribution in [0.4, 0.5) is 0 Å². The number of ketones is 1. The van der Waals surface area contributed by atoms with E-state index in [4.69, 9.17) is 4.52 Å². The molecule has 3 rings (SSSR count). The Balaban J connectivity index is 1.84. The number of aryl methyl sites for hydroxylation is 1. The third kappa shape index (κ3) is 7.45. The first-order chi connectivity index (χ1) is 18.4. The van der Waals surface area contributed by atoms with Gasteiger partial charge in [-0.15, -0.1) is 12.6 Å². The molecule has 1 unspecified atom stereocenters. The molecule has 0 radical (unpaired) electrons. The molecular weight excluding hydrogens is 516 g/mol. The van der Waals surface area contributed by atoms with Gasteiger partial charge in [-0.3, -0.25) is 19.4 Å². The van der Waals surface area contributed by atoms with Crippen LogP contribution in [0.15, 0.2) is 45.5 Å². The molecule has 0 aliphatic carbocycles. The van der Waals surface area contributed by atoms with Crippen LogP contribution in [-0.2, 0) is 14.4 Å². The minimum Gasteiger partial charge on any atom is -0.391 e. The zero-order valence-corrected chi connectivity index (χ0v) is 24.2. The maximum absolute atomic E-state index is 13.7. The summed E-state index contributed by atoms with van der Waals surface area (Å²) in [4.78, 5) is 45.0. The van der Waals surface area contributed by atoms with Crippen LogP contribution in [0.25, 0.3) is 5.57 Å². The lowest BCUT2D eigenvalue weighted by atomic mass is 9.91. The summed E-state index contributed by atoms with van der Waals surface area (Å²) in [6.45, 7) is 10.9. The van der Waals surface area contributed by atoms with Gasteiger partial charge in [-0.1, -0.05) is 43.3 Å². The summed E-state index contributed by atoms with van der Waals surface area (Å²) >= 11 is 4.03. The van der Waals surface area contributed by atoms with E-state index in [2.05, 4.69) is 28.1 Å². The molecular formula is C29H38N4O5S. The fourth-order valence-electron chi connectivity index (χ4n) is 4.92. The molecule has 10 heteroatoms. The van der Waals surface area contributed by atoms with Gasteiger partial charge in [-0.2, -0.15) is 0 Å². The number of β-amino-alcohol motifs (C(OH)–C–C–N with tert-alkyl or cyclic N) is 1. The minimum absolute atomic E-state index is 0.0407. The zero-order chi connectivity index (χ0) is 28.9. The first-order valence-corrected chi connectivity index (χ1v) is 13.6. The van der Waals surface area contributed by atoms with Gasteiger partial charge in [-0.05, 0) is 50.3 Å². The van der Waals surface area contributed by atoms with Crippen molar-refractivity contribution in [3.8, 4) is 0 Å². The Kier molecular flexibility index (Phi) is 10.3. The summed E-state index contributed by atoms with van der Waals surface area (Å²) in [7, 11) is 0. The molecule has 2 aromatic rings. The summed E-state index contributed by atoms with van der Waals surface area (Å²) in [5.41, 5.74) is 5.63. The summed E-state index contributed by atoms with van der Waals surface area (Å²) in [5, 5.41) is 17.3. The highest BCUT2D eigenvalue weighted by molar-refractivity contribution is 7.94. The van der Waals surface area contributed by atoms with E-state index < -0.39 is 30.0 Å². The third-order valence-electron chi connectivity index (χ3n) is 7.10. The molecule has 0 spiro atoms. The SMILES string of the molecule is CC(=O)C[C@H](NC(=O)[C@@H]1C[C@@H](O)CN1C(=O)C(c1cc(C)no1)C(C)C)c1ccc(/C(C)=C(C)/N=C\S)cc1. The topological polar surface area (TPSA) is 125 Å². The molecule has 39 heavy (non-hydrogen) atoms. The Morgan fingerprint density at radius 3 is 2.44 bits per heavy atom. The van der Waals surface area contributed by atoms with E-state index >= 15 is 0 Å². The molecule has 1 aliphatic rings. The van der Waals surface area contributed by atoms with Gasteiger partial charge < -0.3 is 19.8 Å². The number of aliphatic imine (C=N–C) groups is 1. The minimum atomic E-state index is -0.876. The molecule has 2 heterocycles. The van der Waals surface area contributed by atoms with E-state index in [0.29, 0.717) is 11.5 Å². The van der Waals surface area contributed by atoms with E-state index in [1.165, 1.54) is 17.4 Å². The Morgan fingerprint density at radius 2 is 1.90 bits per heavy atom. The quantitative estimate of drug-likeness (QED) is 0.229. The normalized spacial score (nSPS) is 19.8. The number of aliphatic hydroxyl groups excluding tert-OH is 1. The smallest absolute Gasteiger partial charge is 0.243 e. The van der Waals surface area contributed by atoms with Crippen molar-refractivity contribution in [1.29, 1.82) is 0 Å². The highest BCUT2D eigenvalue weighted by atomic mass is 32.1. The van der Waals surface area contributed by atoms with E-state index in [0.717, 1.165) is 22.4 Å². The largest absolute Gasteiger partial charge is 0.391 e. The molecule has 1 aromatic carbocycles. The van der Waals surface area contributed by atoms with Crippen LogP contribution in [0, 0.1) is 12.8 Å². The standard InChI is InChI=1S/C29H38N4O5S/c1-16(2)27(26-11-17(3)32-38-26)29(37)33-14-23(35)13-25(33)28(36)31-24(12-18(4)34)22-9-7-21(8-10-22)19(5)20(6)30-15-39/h7-11,15-16,23-25,27,35H,12-14H2,1-6H3,(H,30,39)(H,31,36)/b20-19+/t23-,24+,25+,27?/m1/s1. The number of aromatic nitrogens is 1. The maximum Gasteiger partial charge on any atom is 0.243 e. The van der Waals surface area contributed by atoms with Gasteiger partial charge in [0, 0.05) is 31.1 Å². The lowest BCUT2D eigenvalue weighted by Gasteiger charge is -2.30. The number of hydrogen-bond acceptors (Lipinski definition) is 7. The number of rotatable bonds is 10. The number of nitrogens with one attached hydrogen (secondary N) is 1. The summed E-state index contributed by atoms with van der Waals surface area (Å²) < 4.78 is 5.40. The van der Waals surface area contributed by atoms with E-state index in [1.54, 1.807) is 13.0 Å². The lowest BCUT2D eigenvalue weighted by molar-refractivity contribution is -0.141. The van der Waals surface area contributed by atoms with Crippen LogP contribution >= 0.6 is 12.6 Å². The molecule has 2 amide bonds. The first-order valence-electron chi connectivity index (χ1n) is 13.1. The van der Waals surface area contributed by atoms with Gasteiger partial charge in [0.2, 0.25) is 11.8 Å². The van der Waals surface area contributed by atoms with E-state index in [1.807, 2.05) is 52.0 Å². The van der Waals surface area contributed by atoms with E-state index in [-0.39, 0.29) is 37.0 Å². The predicted molar refractivity (Wildman–Crippen MR) is 153 cm³/mol. The first kappa shape index (κ1) is 30.3. The van der Waals surface area contributed by atoms with Crippen molar-refractivity contribution < 1.29 is 24.0 Å². The summed E-state index contributed by atoms with van der Waals surface area (Å²) in [5.74, 6) is -1.12. The second-order valence-electron chi connectivity index (χ2n) is 10.5. The Morgan fingerprint density at radius 1 is 1.23 bits per heavy atom. The number of carbonyl (C=O) groups excluding carboxylic acids is 3. The van der Waals surface area contributed by atoms with Gasteiger partial charge in [-0.25, -0.2) is 0 Å². The fraction of sp³-hybridized carbons (Fsp3) is 0.483. The van der Waals surface area contributed by atoms with Gasteiger partial charge in [0.1, 0.15) is 23.5 Å². The number of hydrogen-bond donors (Lipinski definition) is 3. The number of thiol groups is 1. The molecule has 1 aliphatic heterocycles. The van der Waals surface area contributed by atoms with Crippen LogP contribution in [-0.4, -0.2) is 57.0 Å². The number of carbonyl (C=O) groups is 3. The number of allylic oxidation sites excluding steroid dienone is 2. The summed E-state index contributed by atoms with van der Waals surface area (Å²) in [6.07, 6.45) is -0.631. The van der Waals surface area contributed by atoms with Gasteiger partial charge in [0.15, 0.2) is 0 Å². The molecule has 4 atom stereocenters. The van der Waals surface area contributed by atoms with Crippen LogP contribution in [0.1, 0.15) is 82.0 Å². The lowest BCUT2D eigenvalue weighted by Crippen LogP contribution is -2.49. The number of Topliss-reactive ketones (excluding diaryl/α,β-unsaturated/α-hetero) is 1. The Hall–Kier alpha value is -3.24. The van der Waals surface area contributed by atoms with E-state index in [9.17, 15) is 19.5 Å². The average Bonchev–Trinajstić information content (AvgIpc) is 3.48. The second-order valence-corrected chi connectivity index (χ2v) is 10.8. The summed E-state index contributed by atoms with van der Waals surface area (Å²) in [6, 6.07) is 7.85. The highest BCUT2D eigenvalue weighted by Crippen LogP contribution is 2.32. The number of aliphatic hydroxyl groups is 1. The van der Waals surface area contributed by atoms with Crippen molar-refractivity contribution in [3.05, 3.63) is 58.6 Å². The van der Waals surface area contributed by atoms with Crippen LogP contribution in [0.3, 0.4) is 0 Å². The van der Waals surface area contributed by atoms with Crippen LogP contribution in [0.5, 0.6) is 0 Å². The van der Waals surface area contributed by atoms with Crippen molar-refractivity contribution in [2.75, 3.05) is 6.54 Å². The molecule has 1 fully saturated rings. The number of amides is 2. The Labute approximate surface area is 235 Å². The maximum atomic E-state index is 13.7. The van der Waals surface area contributed by atoms with Crippen molar-refractivity contribution in [2.45, 2.75) is 78.5 Å². The molecule has 0 bridgehead atoms. The Bertz CT molecular complexity index is 1250. The second kappa shape index (κ2) is 13.2. The third-order valence-corrected chi connectivity index (χ3v) is 7.21. The van der Waals surface area contributed by atoms with Crippen molar-refractivity contribution in [1.82, 2.24) is 15.4 Å².